The Bertz CT molecular complexity index is 703. The SMILES string of the molecule is CC(=O)[C@@H]1C(=O)c2ccccc2S(=O)(=O)N1CC#N. The van der Waals surface area contributed by atoms with E-state index in [9.17, 15) is 18.0 Å². The molecule has 0 saturated heterocycles. The van der Waals surface area contributed by atoms with E-state index < -0.39 is 34.2 Å². The van der Waals surface area contributed by atoms with E-state index in [2.05, 4.69) is 0 Å². The van der Waals surface area contributed by atoms with Crippen molar-refractivity contribution in [3.8, 4) is 6.07 Å². The number of fused-ring (bicyclic) bond motifs is 1. The zero-order valence-corrected chi connectivity index (χ0v) is 10.8. The summed E-state index contributed by atoms with van der Waals surface area (Å²) in [5, 5.41) is 8.71. The predicted octanol–water partition coefficient (Wildman–Crippen LogP) is 0.355. The molecule has 0 bridgehead atoms. The molecule has 0 aromatic heterocycles. The van der Waals surface area contributed by atoms with Crippen LogP contribution in [0.2, 0.25) is 0 Å². The van der Waals surface area contributed by atoms with Crippen molar-refractivity contribution >= 4 is 21.6 Å². The average molecular weight is 278 g/mol. The first-order valence-electron chi connectivity index (χ1n) is 5.43. The second-order valence-electron chi connectivity index (χ2n) is 4.08. The Balaban J connectivity index is 2.74. The van der Waals surface area contributed by atoms with E-state index in [1.807, 2.05) is 0 Å². The summed E-state index contributed by atoms with van der Waals surface area (Å²) >= 11 is 0. The predicted molar refractivity (Wildman–Crippen MR) is 64.7 cm³/mol. The fourth-order valence-corrected chi connectivity index (χ4v) is 3.77. The van der Waals surface area contributed by atoms with Crippen LogP contribution in [0, 0.1) is 11.3 Å². The van der Waals surface area contributed by atoms with Crippen LogP contribution in [0.1, 0.15) is 17.3 Å². The number of hydrogen-bond donors (Lipinski definition) is 0. The van der Waals surface area contributed by atoms with E-state index in [0.717, 1.165) is 6.92 Å². The molecular formula is C12H10N2O4S. The van der Waals surface area contributed by atoms with Crippen LogP contribution >= 0.6 is 0 Å². The van der Waals surface area contributed by atoms with Crippen molar-refractivity contribution in [3.63, 3.8) is 0 Å². The molecule has 6 nitrogen and oxygen atoms in total. The maximum absolute atomic E-state index is 12.3. The first-order chi connectivity index (χ1) is 8.91. The largest absolute Gasteiger partial charge is 0.298 e. The maximum Gasteiger partial charge on any atom is 0.245 e. The number of rotatable bonds is 2. The fourth-order valence-electron chi connectivity index (χ4n) is 2.07. The maximum atomic E-state index is 12.3. The fraction of sp³-hybridized carbons (Fsp3) is 0.250. The van der Waals surface area contributed by atoms with E-state index in [1.54, 1.807) is 6.07 Å². The molecule has 1 aromatic carbocycles. The van der Waals surface area contributed by atoms with Gasteiger partial charge in [-0.05, 0) is 19.1 Å². The molecule has 0 fully saturated rings. The Morgan fingerprint density at radius 2 is 2.05 bits per heavy atom. The third-order valence-corrected chi connectivity index (χ3v) is 4.76. The lowest BCUT2D eigenvalue weighted by Gasteiger charge is -2.31. The molecule has 1 atom stereocenters. The molecule has 1 aliphatic rings. The molecular weight excluding hydrogens is 268 g/mol. The number of sulfonamides is 1. The van der Waals surface area contributed by atoms with E-state index in [0.29, 0.717) is 4.31 Å². The normalized spacial score (nSPS) is 21.5. The number of hydrogen-bond acceptors (Lipinski definition) is 5. The zero-order valence-electron chi connectivity index (χ0n) is 10.0. The van der Waals surface area contributed by atoms with Gasteiger partial charge in [0.15, 0.2) is 11.6 Å². The third-order valence-electron chi connectivity index (χ3n) is 2.89. The number of nitrogens with zero attached hydrogens (tertiary/aromatic N) is 2. The number of ketones is 2. The van der Waals surface area contributed by atoms with Crippen molar-refractivity contribution in [1.82, 2.24) is 4.31 Å². The molecule has 0 radical (unpaired) electrons. The van der Waals surface area contributed by atoms with E-state index >= 15 is 0 Å². The molecule has 0 amide bonds. The third kappa shape index (κ3) is 1.95. The topological polar surface area (TPSA) is 95.3 Å². The molecule has 1 aliphatic heterocycles. The molecule has 0 saturated carbocycles. The lowest BCUT2D eigenvalue weighted by molar-refractivity contribution is -0.119. The summed E-state index contributed by atoms with van der Waals surface area (Å²) < 4.78 is 25.3. The summed E-state index contributed by atoms with van der Waals surface area (Å²) in [5.41, 5.74) is -0.00288. The second kappa shape index (κ2) is 4.57. The molecule has 1 aromatic rings. The molecule has 1 heterocycles. The minimum absolute atomic E-state index is 0.00288. The summed E-state index contributed by atoms with van der Waals surface area (Å²) in [6, 6.07) is 5.91. The van der Waals surface area contributed by atoms with Gasteiger partial charge in [0.1, 0.15) is 12.6 Å². The number of carbonyl (C=O) groups excluding carboxylic acids is 2. The van der Waals surface area contributed by atoms with Gasteiger partial charge in [-0.3, -0.25) is 9.59 Å². The second-order valence-corrected chi connectivity index (χ2v) is 5.94. The Labute approximate surface area is 110 Å². The quantitative estimate of drug-likeness (QED) is 0.574. The summed E-state index contributed by atoms with van der Waals surface area (Å²) in [7, 11) is -4.00. The lowest BCUT2D eigenvalue weighted by atomic mass is 10.0. The Morgan fingerprint density at radius 3 is 2.63 bits per heavy atom. The van der Waals surface area contributed by atoms with Gasteiger partial charge in [-0.1, -0.05) is 12.1 Å². The van der Waals surface area contributed by atoms with Crippen LogP contribution < -0.4 is 0 Å². The first kappa shape index (κ1) is 13.4. The first-order valence-corrected chi connectivity index (χ1v) is 6.87. The highest BCUT2D eigenvalue weighted by atomic mass is 32.2. The van der Waals surface area contributed by atoms with Crippen molar-refractivity contribution < 1.29 is 18.0 Å². The summed E-state index contributed by atoms with van der Waals surface area (Å²) in [6.07, 6.45) is 0. The van der Waals surface area contributed by atoms with Gasteiger partial charge < -0.3 is 0 Å². The molecule has 0 N–H and O–H groups in total. The van der Waals surface area contributed by atoms with E-state index in [4.69, 9.17) is 5.26 Å². The molecule has 0 unspecified atom stereocenters. The minimum Gasteiger partial charge on any atom is -0.298 e. The van der Waals surface area contributed by atoms with E-state index in [1.165, 1.54) is 24.3 Å². The zero-order chi connectivity index (χ0) is 14.2. The highest BCUT2D eigenvalue weighted by Gasteiger charge is 2.45. The van der Waals surface area contributed by atoms with Crippen LogP contribution in [0.15, 0.2) is 29.2 Å². The van der Waals surface area contributed by atoms with Crippen LogP contribution in [0.3, 0.4) is 0 Å². The van der Waals surface area contributed by atoms with Gasteiger partial charge in [0, 0.05) is 5.56 Å². The summed E-state index contributed by atoms with van der Waals surface area (Å²) in [4.78, 5) is 23.6. The van der Waals surface area contributed by atoms with Gasteiger partial charge in [-0.2, -0.15) is 9.57 Å². The smallest absolute Gasteiger partial charge is 0.245 e. The molecule has 0 spiro atoms. The minimum atomic E-state index is -4.00. The number of carbonyl (C=O) groups is 2. The van der Waals surface area contributed by atoms with Crippen LogP contribution in [-0.4, -0.2) is 36.9 Å². The number of nitriles is 1. The van der Waals surface area contributed by atoms with Gasteiger partial charge in [-0.25, -0.2) is 8.42 Å². The highest BCUT2D eigenvalue weighted by molar-refractivity contribution is 7.89. The van der Waals surface area contributed by atoms with Gasteiger partial charge in [0.2, 0.25) is 10.0 Å². The van der Waals surface area contributed by atoms with Crippen LogP contribution in [-0.2, 0) is 14.8 Å². The van der Waals surface area contributed by atoms with Crippen LogP contribution in [0.5, 0.6) is 0 Å². The Kier molecular flexibility index (Phi) is 3.22. The Morgan fingerprint density at radius 1 is 1.42 bits per heavy atom. The van der Waals surface area contributed by atoms with E-state index in [-0.39, 0.29) is 10.5 Å². The van der Waals surface area contributed by atoms with Crippen LogP contribution in [0.4, 0.5) is 0 Å². The average Bonchev–Trinajstić information content (AvgIpc) is 2.36. The van der Waals surface area contributed by atoms with Crippen molar-refractivity contribution in [2.24, 2.45) is 0 Å². The molecule has 19 heavy (non-hydrogen) atoms. The summed E-state index contributed by atoms with van der Waals surface area (Å²) in [5.74, 6) is -1.19. The van der Waals surface area contributed by atoms with Gasteiger partial charge in [0.05, 0.1) is 11.0 Å². The van der Waals surface area contributed by atoms with Crippen LogP contribution in [0.25, 0.3) is 0 Å². The van der Waals surface area contributed by atoms with Crippen molar-refractivity contribution in [3.05, 3.63) is 29.8 Å². The molecule has 98 valence electrons. The number of Topliss-reactive ketones (excluding diaryl/α,β-unsaturated/α-hetero) is 2. The monoisotopic (exact) mass is 278 g/mol. The highest BCUT2D eigenvalue weighted by Crippen LogP contribution is 2.29. The summed E-state index contributed by atoms with van der Waals surface area (Å²) in [6.45, 7) is 0.600. The van der Waals surface area contributed by atoms with Crippen molar-refractivity contribution in [1.29, 1.82) is 5.26 Å². The van der Waals surface area contributed by atoms with Gasteiger partial charge in [-0.15, -0.1) is 0 Å². The van der Waals surface area contributed by atoms with Crippen molar-refractivity contribution in [2.45, 2.75) is 17.9 Å². The Hall–Kier alpha value is -2.04. The molecule has 2 rings (SSSR count). The molecule has 0 aliphatic carbocycles. The van der Waals surface area contributed by atoms with Crippen molar-refractivity contribution in [2.75, 3.05) is 6.54 Å². The van der Waals surface area contributed by atoms with Gasteiger partial charge >= 0.3 is 0 Å². The standard InChI is InChI=1S/C12H10N2O4S/c1-8(15)11-12(16)9-4-2-3-5-10(9)19(17,18)14(11)7-6-13/h2-5,11H,7H2,1H3/t11-/m1/s1. The molecule has 7 heteroatoms. The number of benzene rings is 1. The lowest BCUT2D eigenvalue weighted by Crippen LogP contribution is -2.52. The van der Waals surface area contributed by atoms with Gasteiger partial charge in [0.25, 0.3) is 0 Å².